The highest BCUT2D eigenvalue weighted by Crippen LogP contribution is 2.54. The van der Waals surface area contributed by atoms with E-state index in [0.29, 0.717) is 23.0 Å². The molecule has 2 nitrogen and oxygen atoms in total. The van der Waals surface area contributed by atoms with E-state index in [2.05, 4.69) is 133 Å². The molecule has 2 aliphatic rings. The quantitative estimate of drug-likeness (QED) is 0.135. The molecule has 0 spiro atoms. The van der Waals surface area contributed by atoms with E-state index in [1.807, 2.05) is 24.3 Å². The standard InChI is InChI=1S/C52H30N2/c53-27-31-13-3-7-17-35(31)49-45-26-42-41(39-21-9-19-37-33-15-5-1-11-29(33)23-43(42)47(37)39)25-44(45)50(36-18-8-4-14-32(36)28-54)52-46-24-30-12-2-6-16-34(30)38-20-10-22-40(48(38)46)51(49)52/h1-4,6-14,16-26,29,33H,5,15H2. The molecule has 0 radical (unpaired) electrons. The molecule has 2 heteroatoms. The Morgan fingerprint density at radius 2 is 1.09 bits per heavy atom. The molecule has 2 atom stereocenters. The van der Waals surface area contributed by atoms with E-state index in [1.54, 1.807) is 0 Å². The van der Waals surface area contributed by atoms with Crippen molar-refractivity contribution in [2.45, 2.75) is 18.8 Å². The van der Waals surface area contributed by atoms with Crippen LogP contribution in [0.5, 0.6) is 0 Å². The van der Waals surface area contributed by atoms with E-state index >= 15 is 0 Å². The molecule has 0 saturated heterocycles. The minimum absolute atomic E-state index is 0.372. The van der Waals surface area contributed by atoms with Gasteiger partial charge in [-0.3, -0.25) is 0 Å². The minimum Gasteiger partial charge on any atom is -0.192 e. The highest BCUT2D eigenvalue weighted by Gasteiger charge is 2.30. The predicted octanol–water partition coefficient (Wildman–Crippen LogP) is 12.8. The fourth-order valence-electron chi connectivity index (χ4n) is 10.5. The van der Waals surface area contributed by atoms with Crippen LogP contribution in [0.2, 0.25) is 0 Å². The van der Waals surface area contributed by atoms with Crippen molar-refractivity contribution in [1.82, 2.24) is 0 Å². The van der Waals surface area contributed by atoms with Gasteiger partial charge in [0.2, 0.25) is 0 Å². The average molecular weight is 683 g/mol. The number of nitriles is 2. The van der Waals surface area contributed by atoms with Crippen molar-refractivity contribution in [3.05, 3.63) is 161 Å². The summed E-state index contributed by atoms with van der Waals surface area (Å²) in [6.45, 7) is 0. The second-order valence-corrected chi connectivity index (χ2v) is 15.2. The number of allylic oxidation sites excluding steroid dienone is 2. The first kappa shape index (κ1) is 29.6. The fraction of sp³-hybridized carbons (Fsp3) is 0.0769. The van der Waals surface area contributed by atoms with Gasteiger partial charge in [0.15, 0.2) is 0 Å². The van der Waals surface area contributed by atoms with Gasteiger partial charge in [0.05, 0.1) is 23.3 Å². The Bertz CT molecular complexity index is 3480. The number of hydrogen-bond donors (Lipinski definition) is 0. The Morgan fingerprint density at radius 3 is 1.85 bits per heavy atom. The fourth-order valence-corrected chi connectivity index (χ4v) is 10.5. The summed E-state index contributed by atoms with van der Waals surface area (Å²) in [5.74, 6) is 0.862. The van der Waals surface area contributed by atoms with Crippen molar-refractivity contribution < 1.29 is 0 Å². The van der Waals surface area contributed by atoms with Gasteiger partial charge in [0.25, 0.3) is 0 Å². The van der Waals surface area contributed by atoms with Crippen molar-refractivity contribution in [2.24, 2.45) is 5.92 Å². The number of rotatable bonds is 2. The second kappa shape index (κ2) is 10.8. The molecule has 2 aliphatic carbocycles. The van der Waals surface area contributed by atoms with E-state index in [1.165, 1.54) is 64.6 Å². The van der Waals surface area contributed by atoms with Crippen molar-refractivity contribution in [3.63, 3.8) is 0 Å². The molecule has 248 valence electrons. The largest absolute Gasteiger partial charge is 0.192 e. The maximum absolute atomic E-state index is 10.7. The van der Waals surface area contributed by atoms with Crippen LogP contribution < -0.4 is 5.22 Å². The molecule has 12 rings (SSSR count). The summed E-state index contributed by atoms with van der Waals surface area (Å²) in [7, 11) is 0. The maximum atomic E-state index is 10.7. The molecule has 0 amide bonds. The van der Waals surface area contributed by atoms with Crippen LogP contribution in [0.25, 0.3) is 104 Å². The molecule has 0 aliphatic heterocycles. The van der Waals surface area contributed by atoms with Crippen molar-refractivity contribution >= 4 is 81.5 Å². The van der Waals surface area contributed by atoms with E-state index < -0.39 is 0 Å². The van der Waals surface area contributed by atoms with Crippen LogP contribution in [0.1, 0.15) is 35.4 Å². The van der Waals surface area contributed by atoms with Gasteiger partial charge in [-0.2, -0.15) is 10.5 Å². The van der Waals surface area contributed by atoms with Crippen molar-refractivity contribution in [3.8, 4) is 34.4 Å². The number of fused-ring (bicyclic) bond motifs is 11. The van der Waals surface area contributed by atoms with Gasteiger partial charge < -0.3 is 0 Å². The zero-order chi connectivity index (χ0) is 35.7. The van der Waals surface area contributed by atoms with Gasteiger partial charge >= 0.3 is 0 Å². The van der Waals surface area contributed by atoms with Crippen molar-refractivity contribution in [1.29, 1.82) is 10.5 Å². The third-order valence-corrected chi connectivity index (χ3v) is 12.7. The highest BCUT2D eigenvalue weighted by molar-refractivity contribution is 6.43. The molecule has 0 fully saturated rings. The molecule has 10 aromatic rings. The molecular formula is C52H30N2. The summed E-state index contributed by atoms with van der Waals surface area (Å²) < 4.78 is 0. The molecule has 0 N–H and O–H groups in total. The third kappa shape index (κ3) is 3.72. The van der Waals surface area contributed by atoms with E-state index in [4.69, 9.17) is 0 Å². The summed E-state index contributed by atoms with van der Waals surface area (Å²) in [4.78, 5) is 0. The van der Waals surface area contributed by atoms with Crippen LogP contribution in [0.15, 0.2) is 140 Å². The van der Waals surface area contributed by atoms with Crippen LogP contribution in [-0.2, 0) is 0 Å². The summed E-state index contributed by atoms with van der Waals surface area (Å²) in [5.41, 5.74) is 6.77. The Balaban J connectivity index is 1.41. The lowest BCUT2D eigenvalue weighted by Gasteiger charge is -2.29. The van der Waals surface area contributed by atoms with Crippen LogP contribution in [0, 0.1) is 28.6 Å². The lowest BCUT2D eigenvalue weighted by atomic mass is 9.75. The highest BCUT2D eigenvalue weighted by atomic mass is 14.3. The molecule has 0 aromatic heterocycles. The third-order valence-electron chi connectivity index (χ3n) is 12.7. The summed E-state index contributed by atoms with van der Waals surface area (Å²) >= 11 is 0. The lowest BCUT2D eigenvalue weighted by Crippen LogP contribution is -2.21. The average Bonchev–Trinajstić information content (AvgIpc) is 3.72. The number of benzene rings is 8. The number of nitrogens with zero attached hydrogens (tertiary/aromatic N) is 2. The summed E-state index contributed by atoms with van der Waals surface area (Å²) in [5, 5.41) is 39.4. The van der Waals surface area contributed by atoms with Gasteiger partial charge in [0.1, 0.15) is 0 Å². The molecule has 0 heterocycles. The summed E-state index contributed by atoms with van der Waals surface area (Å²) in [6.07, 6.45) is 9.56. The first-order chi connectivity index (χ1) is 26.7. The predicted molar refractivity (Wildman–Crippen MR) is 225 cm³/mol. The number of hydrogen-bond acceptors (Lipinski definition) is 2. The van der Waals surface area contributed by atoms with Crippen molar-refractivity contribution in [2.75, 3.05) is 0 Å². The van der Waals surface area contributed by atoms with Crippen LogP contribution in [0.4, 0.5) is 0 Å². The molecule has 54 heavy (non-hydrogen) atoms. The van der Waals surface area contributed by atoms with Gasteiger partial charge in [-0.25, -0.2) is 0 Å². The Kier molecular flexibility index (Phi) is 5.90. The first-order valence-corrected chi connectivity index (χ1v) is 18.9. The zero-order valence-corrected chi connectivity index (χ0v) is 29.3. The van der Waals surface area contributed by atoms with Gasteiger partial charge in [-0.1, -0.05) is 115 Å². The smallest absolute Gasteiger partial charge is 0.0998 e. The van der Waals surface area contributed by atoms with E-state index in [0.717, 1.165) is 56.6 Å². The monoisotopic (exact) mass is 682 g/mol. The Morgan fingerprint density at radius 1 is 0.481 bits per heavy atom. The van der Waals surface area contributed by atoms with Crippen LogP contribution in [0.3, 0.4) is 0 Å². The van der Waals surface area contributed by atoms with Gasteiger partial charge in [-0.15, -0.1) is 0 Å². The topological polar surface area (TPSA) is 47.6 Å². The lowest BCUT2D eigenvalue weighted by molar-refractivity contribution is 0.548. The SMILES string of the molecule is N#Cc1ccccc1-c1c2cc3c4c5c(cccc5c3cc2c(-c2ccccc2C#N)c2c3cc5ccccc5c5cccc(c12)c53)C1CCC=CC1C=4. The summed E-state index contributed by atoms with van der Waals surface area (Å²) in [6, 6.07) is 50.7. The normalized spacial score (nSPS) is 16.4. The van der Waals surface area contributed by atoms with E-state index in [9.17, 15) is 10.5 Å². The maximum Gasteiger partial charge on any atom is 0.0998 e. The molecule has 0 saturated carbocycles. The molecular weight excluding hydrogens is 653 g/mol. The second-order valence-electron chi connectivity index (χ2n) is 15.2. The van der Waals surface area contributed by atoms with Crippen LogP contribution >= 0.6 is 0 Å². The van der Waals surface area contributed by atoms with E-state index in [-0.39, 0.29) is 0 Å². The Hall–Kier alpha value is -7.00. The first-order valence-electron chi connectivity index (χ1n) is 18.9. The molecule has 0 bridgehead atoms. The van der Waals surface area contributed by atoms with Gasteiger partial charge in [-0.05, 0) is 146 Å². The van der Waals surface area contributed by atoms with Crippen LogP contribution in [-0.4, -0.2) is 0 Å². The minimum atomic E-state index is 0.372. The Labute approximate surface area is 311 Å². The molecule has 2 unspecified atom stereocenters. The zero-order valence-electron chi connectivity index (χ0n) is 29.3. The molecule has 10 aromatic carbocycles. The van der Waals surface area contributed by atoms with Gasteiger partial charge in [0, 0.05) is 17.0 Å².